The first kappa shape index (κ1) is 23.6. The van der Waals surface area contributed by atoms with Crippen LogP contribution in [-0.2, 0) is 14.3 Å². The summed E-state index contributed by atoms with van der Waals surface area (Å²) in [6.45, 7) is 0.689. The molecule has 0 spiro atoms. The number of ether oxygens (including phenoxy) is 1. The highest BCUT2D eigenvalue weighted by Gasteiger charge is 2.28. The summed E-state index contributed by atoms with van der Waals surface area (Å²) in [5.74, 6) is -0.863. The SMILES string of the molecule is O=C(CSCCNC(=O)OCC1c2ccccc2-c2ccccc21)NCC[C@H](O)C(=O)O. The van der Waals surface area contributed by atoms with Crippen LogP contribution in [0.25, 0.3) is 11.1 Å². The van der Waals surface area contributed by atoms with Gasteiger partial charge in [0.05, 0.1) is 5.75 Å². The van der Waals surface area contributed by atoms with Crippen LogP contribution < -0.4 is 10.6 Å². The minimum Gasteiger partial charge on any atom is -0.479 e. The second-order valence-corrected chi connectivity index (χ2v) is 8.40. The molecule has 0 saturated carbocycles. The highest BCUT2D eigenvalue weighted by Crippen LogP contribution is 2.44. The second kappa shape index (κ2) is 11.5. The van der Waals surface area contributed by atoms with Crippen molar-refractivity contribution in [3.63, 3.8) is 0 Å². The maximum Gasteiger partial charge on any atom is 0.407 e. The highest BCUT2D eigenvalue weighted by atomic mass is 32.2. The zero-order chi connectivity index (χ0) is 22.9. The number of alkyl carbamates (subject to hydrolysis) is 1. The van der Waals surface area contributed by atoms with Crippen molar-refractivity contribution >= 4 is 29.7 Å². The van der Waals surface area contributed by atoms with Crippen LogP contribution in [0.3, 0.4) is 0 Å². The fraction of sp³-hybridized carbons (Fsp3) is 0.348. The average molecular weight is 459 g/mol. The third-order valence-corrected chi connectivity index (χ3v) is 6.08. The Morgan fingerprint density at radius 1 is 0.969 bits per heavy atom. The van der Waals surface area contributed by atoms with Crippen LogP contribution in [0, 0.1) is 0 Å². The van der Waals surface area contributed by atoms with Crippen molar-refractivity contribution in [2.24, 2.45) is 0 Å². The summed E-state index contributed by atoms with van der Waals surface area (Å²) >= 11 is 1.33. The minimum atomic E-state index is -1.48. The standard InChI is InChI=1S/C23H26N2O6S/c26-20(22(28)29)9-10-24-21(27)14-32-12-11-25-23(30)31-13-19-17-7-3-1-5-15(17)16-6-2-4-8-18(16)19/h1-8,19-20,26H,9-14H2,(H,24,27)(H,25,30)(H,28,29)/t20-/m0/s1. The number of carbonyl (C=O) groups excluding carboxylic acids is 2. The first-order valence-electron chi connectivity index (χ1n) is 10.3. The van der Waals surface area contributed by atoms with Crippen molar-refractivity contribution in [1.82, 2.24) is 10.6 Å². The number of rotatable bonds is 11. The average Bonchev–Trinajstić information content (AvgIpc) is 3.11. The number of carbonyl (C=O) groups is 3. The Labute approximate surface area is 190 Å². The molecule has 0 aromatic heterocycles. The maximum atomic E-state index is 12.1. The second-order valence-electron chi connectivity index (χ2n) is 7.30. The van der Waals surface area contributed by atoms with Gasteiger partial charge in [0.2, 0.25) is 5.91 Å². The predicted molar refractivity (Wildman–Crippen MR) is 122 cm³/mol. The number of carboxylic acid groups (broad SMARTS) is 1. The van der Waals surface area contributed by atoms with Crippen molar-refractivity contribution in [3.05, 3.63) is 59.7 Å². The monoisotopic (exact) mass is 458 g/mol. The van der Waals surface area contributed by atoms with Crippen LogP contribution in [0.2, 0.25) is 0 Å². The summed E-state index contributed by atoms with van der Waals surface area (Å²) in [6.07, 6.45) is -2.03. The molecule has 2 amide bonds. The molecule has 3 rings (SSSR count). The number of aliphatic hydroxyl groups is 1. The Kier molecular flexibility index (Phi) is 8.52. The van der Waals surface area contributed by atoms with Crippen LogP contribution in [0.1, 0.15) is 23.5 Å². The molecular weight excluding hydrogens is 432 g/mol. The van der Waals surface area contributed by atoms with Gasteiger partial charge >= 0.3 is 12.1 Å². The van der Waals surface area contributed by atoms with Crippen molar-refractivity contribution in [1.29, 1.82) is 0 Å². The molecule has 32 heavy (non-hydrogen) atoms. The van der Waals surface area contributed by atoms with E-state index in [0.717, 1.165) is 11.1 Å². The molecule has 0 saturated heterocycles. The molecule has 170 valence electrons. The van der Waals surface area contributed by atoms with Gasteiger partial charge in [-0.25, -0.2) is 9.59 Å². The third-order valence-electron chi connectivity index (χ3n) is 5.12. The number of aliphatic carboxylic acids is 1. The smallest absolute Gasteiger partial charge is 0.407 e. The molecule has 1 aliphatic carbocycles. The number of hydrogen-bond donors (Lipinski definition) is 4. The van der Waals surface area contributed by atoms with Crippen molar-refractivity contribution in [2.75, 3.05) is 31.2 Å². The van der Waals surface area contributed by atoms with Gasteiger partial charge in [0.25, 0.3) is 0 Å². The van der Waals surface area contributed by atoms with E-state index in [9.17, 15) is 14.4 Å². The molecule has 1 aliphatic rings. The van der Waals surface area contributed by atoms with E-state index in [-0.39, 0.29) is 37.2 Å². The van der Waals surface area contributed by atoms with Gasteiger partial charge in [-0.3, -0.25) is 4.79 Å². The van der Waals surface area contributed by atoms with Crippen LogP contribution in [0.5, 0.6) is 0 Å². The molecule has 0 heterocycles. The summed E-state index contributed by atoms with van der Waals surface area (Å²) in [6, 6.07) is 16.3. The Balaban J connectivity index is 1.33. The number of benzene rings is 2. The molecule has 0 radical (unpaired) electrons. The molecular formula is C23H26N2O6S. The van der Waals surface area contributed by atoms with Crippen LogP contribution in [-0.4, -0.2) is 65.5 Å². The van der Waals surface area contributed by atoms with Gasteiger partial charge in [-0.15, -0.1) is 0 Å². The summed E-state index contributed by atoms with van der Waals surface area (Å²) < 4.78 is 5.45. The molecule has 8 nitrogen and oxygen atoms in total. The number of nitrogens with one attached hydrogen (secondary N) is 2. The molecule has 4 N–H and O–H groups in total. The summed E-state index contributed by atoms with van der Waals surface area (Å²) in [5.41, 5.74) is 4.64. The van der Waals surface area contributed by atoms with E-state index >= 15 is 0 Å². The number of carboxylic acids is 1. The minimum absolute atomic E-state index is 0.00543. The molecule has 0 aliphatic heterocycles. The molecule has 0 unspecified atom stereocenters. The predicted octanol–water partition coefficient (Wildman–Crippen LogP) is 2.21. The number of amides is 2. The zero-order valence-corrected chi connectivity index (χ0v) is 18.3. The fourth-order valence-electron chi connectivity index (χ4n) is 3.56. The molecule has 0 bridgehead atoms. The summed E-state index contributed by atoms with van der Waals surface area (Å²) in [7, 11) is 0. The normalized spacial score (nSPS) is 13.0. The van der Waals surface area contributed by atoms with Crippen LogP contribution in [0.15, 0.2) is 48.5 Å². The van der Waals surface area contributed by atoms with Gasteiger partial charge in [0, 0.05) is 31.2 Å². The van der Waals surface area contributed by atoms with E-state index in [0.29, 0.717) is 12.3 Å². The van der Waals surface area contributed by atoms with Gasteiger partial charge < -0.3 is 25.6 Å². The lowest BCUT2D eigenvalue weighted by Gasteiger charge is -2.14. The molecule has 0 fully saturated rings. The highest BCUT2D eigenvalue weighted by molar-refractivity contribution is 7.99. The number of fused-ring (bicyclic) bond motifs is 3. The zero-order valence-electron chi connectivity index (χ0n) is 17.5. The van der Waals surface area contributed by atoms with Crippen molar-refractivity contribution < 1.29 is 29.3 Å². The quantitative estimate of drug-likeness (QED) is 0.381. The largest absolute Gasteiger partial charge is 0.479 e. The van der Waals surface area contributed by atoms with E-state index in [1.165, 1.54) is 22.9 Å². The number of hydrogen-bond acceptors (Lipinski definition) is 6. The number of aliphatic hydroxyl groups excluding tert-OH is 1. The van der Waals surface area contributed by atoms with Crippen LogP contribution in [0.4, 0.5) is 4.79 Å². The lowest BCUT2D eigenvalue weighted by molar-refractivity contribution is -0.147. The fourth-order valence-corrected chi connectivity index (χ4v) is 4.24. The Morgan fingerprint density at radius 3 is 2.22 bits per heavy atom. The molecule has 1 atom stereocenters. The lowest BCUT2D eigenvalue weighted by Crippen LogP contribution is -2.31. The molecule has 9 heteroatoms. The van der Waals surface area contributed by atoms with E-state index in [2.05, 4.69) is 34.9 Å². The van der Waals surface area contributed by atoms with E-state index < -0.39 is 18.2 Å². The maximum absolute atomic E-state index is 12.1. The van der Waals surface area contributed by atoms with Gasteiger partial charge in [-0.05, 0) is 22.3 Å². The first-order chi connectivity index (χ1) is 15.5. The third kappa shape index (κ3) is 6.24. The van der Waals surface area contributed by atoms with Gasteiger partial charge in [0.15, 0.2) is 6.10 Å². The number of thioether (sulfide) groups is 1. The van der Waals surface area contributed by atoms with Gasteiger partial charge in [0.1, 0.15) is 6.61 Å². The Morgan fingerprint density at radius 2 is 1.59 bits per heavy atom. The van der Waals surface area contributed by atoms with E-state index in [1.54, 1.807) is 0 Å². The van der Waals surface area contributed by atoms with Crippen molar-refractivity contribution in [3.8, 4) is 11.1 Å². The van der Waals surface area contributed by atoms with Gasteiger partial charge in [-0.2, -0.15) is 11.8 Å². The van der Waals surface area contributed by atoms with E-state index in [1.807, 2.05) is 24.3 Å². The van der Waals surface area contributed by atoms with Crippen molar-refractivity contribution in [2.45, 2.75) is 18.4 Å². The first-order valence-corrected chi connectivity index (χ1v) is 11.5. The summed E-state index contributed by atoms with van der Waals surface area (Å²) in [4.78, 5) is 34.2. The molecule has 2 aromatic rings. The topological polar surface area (TPSA) is 125 Å². The van der Waals surface area contributed by atoms with Crippen LogP contribution >= 0.6 is 11.8 Å². The van der Waals surface area contributed by atoms with E-state index in [4.69, 9.17) is 14.9 Å². The summed E-state index contributed by atoms with van der Waals surface area (Å²) in [5, 5.41) is 22.9. The Bertz CT molecular complexity index is 922. The lowest BCUT2D eigenvalue weighted by atomic mass is 9.98. The molecule has 2 aromatic carbocycles. The Hall–Kier alpha value is -3.04. The van der Waals surface area contributed by atoms with Gasteiger partial charge in [-0.1, -0.05) is 48.5 Å².